The summed E-state index contributed by atoms with van der Waals surface area (Å²) in [4.78, 5) is 12.1. The van der Waals surface area contributed by atoms with E-state index in [1.165, 1.54) is 19.3 Å². The van der Waals surface area contributed by atoms with Crippen molar-refractivity contribution in [3.05, 3.63) is 24.2 Å². The van der Waals surface area contributed by atoms with Gasteiger partial charge in [-0.1, -0.05) is 26.2 Å². The molecule has 0 saturated heterocycles. The highest BCUT2D eigenvalue weighted by Crippen LogP contribution is 2.32. The monoisotopic (exact) mass is 220 g/mol. The summed E-state index contributed by atoms with van der Waals surface area (Å²) in [5, 5.41) is 0. The zero-order valence-corrected chi connectivity index (χ0v) is 9.95. The van der Waals surface area contributed by atoms with Crippen LogP contribution in [0.3, 0.4) is 0 Å². The van der Waals surface area contributed by atoms with E-state index in [4.69, 9.17) is 4.42 Å². The van der Waals surface area contributed by atoms with Gasteiger partial charge in [-0.2, -0.15) is 0 Å². The number of rotatable bonds is 4. The summed E-state index contributed by atoms with van der Waals surface area (Å²) in [5.74, 6) is 1.47. The van der Waals surface area contributed by atoms with Crippen molar-refractivity contribution in [3.8, 4) is 0 Å². The molecular weight excluding hydrogens is 200 g/mol. The second-order valence-corrected chi connectivity index (χ2v) is 4.91. The van der Waals surface area contributed by atoms with E-state index in [9.17, 15) is 4.79 Å². The summed E-state index contributed by atoms with van der Waals surface area (Å²) < 4.78 is 4.99. The maximum absolute atomic E-state index is 12.1. The fourth-order valence-corrected chi connectivity index (χ4v) is 2.69. The molecule has 2 heteroatoms. The van der Waals surface area contributed by atoms with Crippen LogP contribution < -0.4 is 0 Å². The average molecular weight is 220 g/mol. The largest absolute Gasteiger partial charge is 0.472 e. The van der Waals surface area contributed by atoms with Crippen LogP contribution >= 0.6 is 0 Å². The van der Waals surface area contributed by atoms with Gasteiger partial charge in [0.15, 0.2) is 0 Å². The molecule has 0 amide bonds. The Morgan fingerprint density at radius 1 is 1.50 bits per heavy atom. The lowest BCUT2D eigenvalue weighted by molar-refractivity contribution is -0.123. The highest BCUT2D eigenvalue weighted by atomic mass is 16.3. The first-order valence-electron chi connectivity index (χ1n) is 6.33. The minimum Gasteiger partial charge on any atom is -0.472 e. The van der Waals surface area contributed by atoms with E-state index in [1.807, 2.05) is 6.07 Å². The van der Waals surface area contributed by atoms with Crippen LogP contribution in [-0.2, 0) is 11.2 Å². The van der Waals surface area contributed by atoms with Crippen LogP contribution in [0.1, 0.15) is 44.6 Å². The molecule has 0 spiro atoms. The number of Topliss-reactive ketones (excluding diaryl/α,β-unsaturated/α-hetero) is 1. The zero-order valence-electron chi connectivity index (χ0n) is 9.95. The van der Waals surface area contributed by atoms with Crippen molar-refractivity contribution in [2.45, 2.75) is 45.4 Å². The van der Waals surface area contributed by atoms with Crippen molar-refractivity contribution < 1.29 is 9.21 Å². The molecule has 1 aromatic heterocycles. The molecule has 88 valence electrons. The Morgan fingerprint density at radius 2 is 2.38 bits per heavy atom. The summed E-state index contributed by atoms with van der Waals surface area (Å²) in [6, 6.07) is 1.89. The van der Waals surface area contributed by atoms with Crippen molar-refractivity contribution in [2.75, 3.05) is 0 Å². The molecule has 2 unspecified atom stereocenters. The number of hydrogen-bond donors (Lipinski definition) is 0. The van der Waals surface area contributed by atoms with Crippen LogP contribution in [0.15, 0.2) is 23.0 Å². The molecule has 0 aromatic carbocycles. The Kier molecular flexibility index (Phi) is 3.81. The van der Waals surface area contributed by atoms with Gasteiger partial charge in [-0.15, -0.1) is 0 Å². The van der Waals surface area contributed by atoms with Crippen LogP contribution in [0.2, 0.25) is 0 Å². The van der Waals surface area contributed by atoms with Gasteiger partial charge in [-0.05, 0) is 30.4 Å². The molecule has 2 atom stereocenters. The quantitative estimate of drug-likeness (QED) is 0.776. The highest BCUT2D eigenvalue weighted by molar-refractivity contribution is 5.83. The molecule has 1 aliphatic carbocycles. The number of hydrogen-bond acceptors (Lipinski definition) is 2. The van der Waals surface area contributed by atoms with E-state index in [0.29, 0.717) is 18.1 Å². The molecule has 2 rings (SSSR count). The third kappa shape index (κ3) is 2.75. The van der Waals surface area contributed by atoms with Gasteiger partial charge in [0, 0.05) is 12.3 Å². The van der Waals surface area contributed by atoms with Gasteiger partial charge in [-0.3, -0.25) is 4.79 Å². The summed E-state index contributed by atoms with van der Waals surface area (Å²) >= 11 is 0. The van der Waals surface area contributed by atoms with Gasteiger partial charge >= 0.3 is 0 Å². The Morgan fingerprint density at radius 3 is 3.06 bits per heavy atom. The molecule has 0 radical (unpaired) electrons. The van der Waals surface area contributed by atoms with Gasteiger partial charge < -0.3 is 4.42 Å². The van der Waals surface area contributed by atoms with E-state index >= 15 is 0 Å². The number of furan rings is 1. The van der Waals surface area contributed by atoms with Crippen LogP contribution in [0.25, 0.3) is 0 Å². The number of carbonyl (C=O) groups is 1. The van der Waals surface area contributed by atoms with Gasteiger partial charge in [0.05, 0.1) is 12.5 Å². The Balaban J connectivity index is 1.89. The molecule has 1 saturated carbocycles. The first kappa shape index (κ1) is 11.4. The first-order valence-corrected chi connectivity index (χ1v) is 6.33. The number of carbonyl (C=O) groups excluding carboxylic acids is 1. The van der Waals surface area contributed by atoms with Crippen molar-refractivity contribution in [2.24, 2.45) is 11.8 Å². The van der Waals surface area contributed by atoms with E-state index in [0.717, 1.165) is 24.3 Å². The van der Waals surface area contributed by atoms with E-state index < -0.39 is 0 Å². The third-order valence-corrected chi connectivity index (χ3v) is 3.77. The van der Waals surface area contributed by atoms with Crippen LogP contribution in [-0.4, -0.2) is 5.78 Å². The second kappa shape index (κ2) is 5.33. The average Bonchev–Trinajstić information content (AvgIpc) is 2.82. The van der Waals surface area contributed by atoms with Gasteiger partial charge in [0.1, 0.15) is 5.78 Å². The summed E-state index contributed by atoms with van der Waals surface area (Å²) in [7, 11) is 0. The maximum Gasteiger partial charge on any atom is 0.140 e. The minimum atomic E-state index is 0.300. The van der Waals surface area contributed by atoms with E-state index in [1.54, 1.807) is 12.5 Å². The molecule has 1 aromatic rings. The lowest BCUT2D eigenvalue weighted by Gasteiger charge is -2.27. The van der Waals surface area contributed by atoms with Crippen molar-refractivity contribution in [3.63, 3.8) is 0 Å². The molecule has 16 heavy (non-hydrogen) atoms. The van der Waals surface area contributed by atoms with Crippen molar-refractivity contribution in [1.82, 2.24) is 0 Å². The minimum absolute atomic E-state index is 0.300. The highest BCUT2D eigenvalue weighted by Gasteiger charge is 2.26. The smallest absolute Gasteiger partial charge is 0.140 e. The standard InChI is InChI=1S/C14H20O2/c1-2-11-4-3-5-13(8-11)14(15)9-12-6-7-16-10-12/h6-7,10-11,13H,2-5,8-9H2,1H3. The lowest BCUT2D eigenvalue weighted by Crippen LogP contribution is -2.23. The Bertz CT molecular complexity index is 327. The third-order valence-electron chi connectivity index (χ3n) is 3.77. The molecule has 1 fully saturated rings. The molecule has 1 heterocycles. The predicted octanol–water partition coefficient (Wildman–Crippen LogP) is 3.61. The molecule has 0 aliphatic heterocycles. The van der Waals surface area contributed by atoms with Gasteiger partial charge in [0.2, 0.25) is 0 Å². The topological polar surface area (TPSA) is 30.2 Å². The second-order valence-electron chi connectivity index (χ2n) is 4.91. The Labute approximate surface area is 97.0 Å². The summed E-state index contributed by atoms with van der Waals surface area (Å²) in [5.41, 5.74) is 1.02. The lowest BCUT2D eigenvalue weighted by atomic mass is 9.77. The Hall–Kier alpha value is -1.05. The molecule has 2 nitrogen and oxygen atoms in total. The molecule has 1 aliphatic rings. The van der Waals surface area contributed by atoms with Gasteiger partial charge in [0.25, 0.3) is 0 Å². The van der Waals surface area contributed by atoms with Crippen molar-refractivity contribution in [1.29, 1.82) is 0 Å². The first-order chi connectivity index (χ1) is 7.79. The fourth-order valence-electron chi connectivity index (χ4n) is 2.69. The summed E-state index contributed by atoms with van der Waals surface area (Å²) in [6.07, 6.45) is 9.82. The fraction of sp³-hybridized carbons (Fsp3) is 0.643. The van der Waals surface area contributed by atoms with Crippen LogP contribution in [0.4, 0.5) is 0 Å². The van der Waals surface area contributed by atoms with Crippen molar-refractivity contribution >= 4 is 5.78 Å². The van der Waals surface area contributed by atoms with Gasteiger partial charge in [-0.25, -0.2) is 0 Å². The zero-order chi connectivity index (χ0) is 11.4. The number of ketones is 1. The predicted molar refractivity (Wildman–Crippen MR) is 63.2 cm³/mol. The van der Waals surface area contributed by atoms with Crippen LogP contribution in [0, 0.1) is 11.8 Å². The summed E-state index contributed by atoms with van der Waals surface area (Å²) in [6.45, 7) is 2.23. The normalized spacial score (nSPS) is 25.6. The molecule has 0 N–H and O–H groups in total. The SMILES string of the molecule is CCC1CCCC(C(=O)Cc2ccoc2)C1. The molecular formula is C14H20O2. The maximum atomic E-state index is 12.1. The van der Waals surface area contributed by atoms with Crippen LogP contribution in [0.5, 0.6) is 0 Å². The van der Waals surface area contributed by atoms with E-state index in [2.05, 4.69) is 6.92 Å². The molecule has 0 bridgehead atoms. The van der Waals surface area contributed by atoms with E-state index in [-0.39, 0.29) is 0 Å².